The first-order valence-corrected chi connectivity index (χ1v) is 9.65. The first-order chi connectivity index (χ1) is 12.5. The molecule has 1 N–H and O–H groups in total. The third kappa shape index (κ3) is 4.14. The molecule has 0 aliphatic rings. The summed E-state index contributed by atoms with van der Waals surface area (Å²) in [4.78, 5) is 30.4. The van der Waals surface area contributed by atoms with E-state index in [-0.39, 0.29) is 12.0 Å². The number of hydrogen-bond acceptors (Lipinski definition) is 4. The fourth-order valence-corrected chi connectivity index (χ4v) is 4.06. The number of carbonyl (C=O) groups is 1. The molecule has 136 valence electrons. The van der Waals surface area contributed by atoms with Crippen molar-refractivity contribution in [1.82, 2.24) is 9.55 Å². The molecule has 0 unspecified atom stereocenters. The molecule has 7 heteroatoms. The predicted molar refractivity (Wildman–Crippen MR) is 104 cm³/mol. The van der Waals surface area contributed by atoms with Crippen molar-refractivity contribution in [3.05, 3.63) is 62.0 Å². The quantitative estimate of drug-likeness (QED) is 0.658. The summed E-state index contributed by atoms with van der Waals surface area (Å²) >= 11 is 7.60. The number of halogens is 1. The van der Waals surface area contributed by atoms with Gasteiger partial charge in [0.2, 0.25) is 0 Å². The Labute approximate surface area is 159 Å². The van der Waals surface area contributed by atoms with Crippen LogP contribution in [0.4, 0.5) is 0 Å². The highest BCUT2D eigenvalue weighted by Gasteiger charge is 2.15. The molecular formula is C19H19ClN2O3S. The summed E-state index contributed by atoms with van der Waals surface area (Å²) in [5, 5.41) is 10.1. The number of benzene rings is 1. The van der Waals surface area contributed by atoms with E-state index in [1.54, 1.807) is 10.6 Å². The fraction of sp³-hybridized carbons (Fsp3) is 0.316. The van der Waals surface area contributed by atoms with Crippen molar-refractivity contribution in [2.75, 3.05) is 0 Å². The van der Waals surface area contributed by atoms with Crippen LogP contribution >= 0.6 is 22.9 Å². The molecule has 0 spiro atoms. The first-order valence-electron chi connectivity index (χ1n) is 8.46. The molecule has 0 radical (unpaired) electrons. The van der Waals surface area contributed by atoms with Gasteiger partial charge in [0.1, 0.15) is 10.7 Å². The van der Waals surface area contributed by atoms with Crippen LogP contribution in [0.3, 0.4) is 0 Å². The van der Waals surface area contributed by atoms with E-state index in [0.717, 1.165) is 21.7 Å². The molecule has 3 rings (SSSR count). The molecule has 0 fully saturated rings. The highest BCUT2D eigenvalue weighted by Crippen LogP contribution is 2.23. The number of aryl methyl sites for hydroxylation is 1. The monoisotopic (exact) mass is 390 g/mol. The molecule has 0 aliphatic heterocycles. The lowest BCUT2D eigenvalue weighted by Crippen LogP contribution is -2.25. The zero-order valence-corrected chi connectivity index (χ0v) is 15.9. The Bertz CT molecular complexity index is 1010. The van der Waals surface area contributed by atoms with Crippen LogP contribution in [0.1, 0.15) is 36.0 Å². The summed E-state index contributed by atoms with van der Waals surface area (Å²) in [5.41, 5.74) is 0.858. The van der Waals surface area contributed by atoms with Gasteiger partial charge in [0, 0.05) is 29.3 Å². The molecule has 0 saturated carbocycles. The van der Waals surface area contributed by atoms with Crippen molar-refractivity contribution in [2.24, 2.45) is 0 Å². The van der Waals surface area contributed by atoms with Crippen molar-refractivity contribution >= 4 is 39.1 Å². The summed E-state index contributed by atoms with van der Waals surface area (Å²) in [6.45, 7) is 2.38. The molecule has 2 heterocycles. The Balaban J connectivity index is 2.05. The molecular weight excluding hydrogens is 372 g/mol. The van der Waals surface area contributed by atoms with E-state index in [2.05, 4.69) is 0 Å². The van der Waals surface area contributed by atoms with Crippen LogP contribution in [0.15, 0.2) is 35.1 Å². The Hall–Kier alpha value is -2.18. The van der Waals surface area contributed by atoms with Gasteiger partial charge in [0.25, 0.3) is 5.56 Å². The average Bonchev–Trinajstić information content (AvgIpc) is 3.01. The minimum absolute atomic E-state index is 0.0188. The number of thiophene rings is 1. The second-order valence-corrected chi connectivity index (χ2v) is 7.63. The maximum absolute atomic E-state index is 13.0. The third-order valence-electron chi connectivity index (χ3n) is 4.15. The van der Waals surface area contributed by atoms with E-state index in [1.165, 1.54) is 11.3 Å². The van der Waals surface area contributed by atoms with E-state index in [0.29, 0.717) is 35.6 Å². The van der Waals surface area contributed by atoms with Gasteiger partial charge < -0.3 is 5.11 Å². The molecule has 26 heavy (non-hydrogen) atoms. The number of aliphatic carboxylic acids is 1. The lowest BCUT2D eigenvalue weighted by atomic mass is 10.1. The van der Waals surface area contributed by atoms with Crippen molar-refractivity contribution in [3.63, 3.8) is 0 Å². The van der Waals surface area contributed by atoms with Gasteiger partial charge in [-0.3, -0.25) is 14.2 Å². The topological polar surface area (TPSA) is 72.2 Å². The van der Waals surface area contributed by atoms with Crippen molar-refractivity contribution < 1.29 is 9.90 Å². The maximum atomic E-state index is 13.0. The number of fused-ring (bicyclic) bond motifs is 1. The summed E-state index contributed by atoms with van der Waals surface area (Å²) in [5.74, 6) is -0.230. The van der Waals surface area contributed by atoms with Crippen LogP contribution in [-0.2, 0) is 24.2 Å². The van der Waals surface area contributed by atoms with Crippen LogP contribution in [0.25, 0.3) is 10.2 Å². The van der Waals surface area contributed by atoms with Crippen molar-refractivity contribution in [1.29, 1.82) is 0 Å². The van der Waals surface area contributed by atoms with Crippen LogP contribution in [0, 0.1) is 0 Å². The van der Waals surface area contributed by atoms with Gasteiger partial charge in [0.15, 0.2) is 0 Å². The smallest absolute Gasteiger partial charge is 0.303 e. The zero-order chi connectivity index (χ0) is 18.7. The van der Waals surface area contributed by atoms with Crippen LogP contribution < -0.4 is 5.56 Å². The number of aromatic nitrogens is 2. The normalized spacial score (nSPS) is 11.2. The molecule has 0 aliphatic carbocycles. The van der Waals surface area contributed by atoms with Gasteiger partial charge in [-0.2, -0.15) is 0 Å². The summed E-state index contributed by atoms with van der Waals surface area (Å²) < 4.78 is 1.61. The Morgan fingerprint density at radius 2 is 2.15 bits per heavy atom. The van der Waals surface area contributed by atoms with Gasteiger partial charge in [-0.15, -0.1) is 11.3 Å². The van der Waals surface area contributed by atoms with Gasteiger partial charge in [-0.05, 0) is 36.6 Å². The van der Waals surface area contributed by atoms with Gasteiger partial charge in [-0.1, -0.05) is 30.7 Å². The number of hydrogen-bond donors (Lipinski definition) is 1. The van der Waals surface area contributed by atoms with Gasteiger partial charge in [-0.25, -0.2) is 4.98 Å². The summed E-state index contributed by atoms with van der Waals surface area (Å²) in [6.07, 6.45) is 1.72. The minimum atomic E-state index is -0.868. The van der Waals surface area contributed by atoms with E-state index >= 15 is 0 Å². The molecule has 1 aromatic carbocycles. The van der Waals surface area contributed by atoms with Gasteiger partial charge in [0.05, 0.1) is 5.39 Å². The van der Waals surface area contributed by atoms with Crippen molar-refractivity contribution in [2.45, 2.75) is 39.2 Å². The summed E-state index contributed by atoms with van der Waals surface area (Å²) in [6, 6.07) is 9.35. The Morgan fingerprint density at radius 1 is 1.35 bits per heavy atom. The zero-order valence-electron chi connectivity index (χ0n) is 14.4. The fourth-order valence-electron chi connectivity index (χ4n) is 2.87. The largest absolute Gasteiger partial charge is 0.481 e. The van der Waals surface area contributed by atoms with E-state index in [4.69, 9.17) is 21.7 Å². The highest BCUT2D eigenvalue weighted by atomic mass is 35.5. The molecule has 0 bridgehead atoms. The highest BCUT2D eigenvalue weighted by molar-refractivity contribution is 7.18. The lowest BCUT2D eigenvalue weighted by molar-refractivity contribution is -0.137. The van der Waals surface area contributed by atoms with Gasteiger partial charge >= 0.3 is 5.97 Å². The lowest BCUT2D eigenvalue weighted by Gasteiger charge is -2.12. The summed E-state index contributed by atoms with van der Waals surface area (Å²) in [7, 11) is 0. The van der Waals surface area contributed by atoms with Crippen LogP contribution in [-0.4, -0.2) is 20.6 Å². The Kier molecular flexibility index (Phi) is 5.74. The van der Waals surface area contributed by atoms with E-state index < -0.39 is 5.97 Å². The van der Waals surface area contributed by atoms with Crippen molar-refractivity contribution in [3.8, 4) is 0 Å². The second-order valence-electron chi connectivity index (χ2n) is 6.07. The first kappa shape index (κ1) is 18.6. The Morgan fingerprint density at radius 3 is 2.85 bits per heavy atom. The van der Waals surface area contributed by atoms with Crippen LogP contribution in [0.5, 0.6) is 0 Å². The molecule has 0 atom stereocenters. The molecule has 2 aromatic heterocycles. The average molecular weight is 391 g/mol. The number of rotatable bonds is 7. The molecule has 3 aromatic rings. The standard InChI is InChI=1S/C19H19ClN2O3S/c1-2-14-11-15-18(26-14)21-16(10-12-5-3-6-13(20)9-12)22(19(15)25)8-4-7-17(23)24/h3,5-6,9,11H,2,4,7-8,10H2,1H3,(H,23,24). The third-order valence-corrected chi connectivity index (χ3v) is 5.56. The van der Waals surface area contributed by atoms with E-state index in [9.17, 15) is 9.59 Å². The number of nitrogens with zero attached hydrogens (tertiary/aromatic N) is 2. The molecule has 0 saturated heterocycles. The molecule has 0 amide bonds. The second kappa shape index (κ2) is 8.01. The molecule has 5 nitrogen and oxygen atoms in total. The van der Waals surface area contributed by atoms with Crippen LogP contribution in [0.2, 0.25) is 5.02 Å². The van der Waals surface area contributed by atoms with E-state index in [1.807, 2.05) is 31.2 Å². The minimum Gasteiger partial charge on any atom is -0.481 e. The number of carboxylic acid groups (broad SMARTS) is 1. The maximum Gasteiger partial charge on any atom is 0.303 e. The SMILES string of the molecule is CCc1cc2c(=O)n(CCCC(=O)O)c(Cc3cccc(Cl)c3)nc2s1. The predicted octanol–water partition coefficient (Wildman–Crippen LogP) is 4.13. The number of carboxylic acids is 1.